The molecule has 0 spiro atoms. The number of carbonyl (C=O) groups excluding carboxylic acids is 1. The summed E-state index contributed by atoms with van der Waals surface area (Å²) in [5.41, 5.74) is 3.10. The van der Waals surface area contributed by atoms with E-state index in [4.69, 9.17) is 9.40 Å². The SMILES string of the molecule is O=C(c1ccco1)N1CCN(c2nc3cc(Br)ccc3n3cccc23)CC1. The van der Waals surface area contributed by atoms with Gasteiger partial charge in [0.1, 0.15) is 0 Å². The average molecular weight is 425 g/mol. The van der Waals surface area contributed by atoms with Gasteiger partial charge in [0.15, 0.2) is 11.6 Å². The third kappa shape index (κ3) is 2.78. The van der Waals surface area contributed by atoms with Crippen LogP contribution in [-0.2, 0) is 0 Å². The number of nitrogens with zero attached hydrogens (tertiary/aromatic N) is 4. The Morgan fingerprint density at radius 2 is 1.89 bits per heavy atom. The van der Waals surface area contributed by atoms with Crippen LogP contribution in [0.1, 0.15) is 10.6 Å². The first-order chi connectivity index (χ1) is 13.2. The minimum absolute atomic E-state index is 0.0529. The molecule has 0 radical (unpaired) electrons. The zero-order valence-electron chi connectivity index (χ0n) is 14.5. The van der Waals surface area contributed by atoms with Crippen LogP contribution in [0.3, 0.4) is 0 Å². The second-order valence-electron chi connectivity index (χ2n) is 6.59. The fraction of sp³-hybridized carbons (Fsp3) is 0.200. The number of amides is 1. The van der Waals surface area contributed by atoms with E-state index in [0.717, 1.165) is 39.9 Å². The predicted octanol–water partition coefficient (Wildman–Crippen LogP) is 3.81. The second-order valence-corrected chi connectivity index (χ2v) is 7.50. The molecule has 0 saturated carbocycles. The number of hydrogen-bond donors (Lipinski definition) is 0. The van der Waals surface area contributed by atoms with E-state index >= 15 is 0 Å². The van der Waals surface area contributed by atoms with Gasteiger partial charge in [-0.1, -0.05) is 15.9 Å². The summed E-state index contributed by atoms with van der Waals surface area (Å²) < 4.78 is 8.42. The van der Waals surface area contributed by atoms with Crippen molar-refractivity contribution in [1.29, 1.82) is 0 Å². The normalized spacial score (nSPS) is 15.0. The van der Waals surface area contributed by atoms with Crippen LogP contribution in [0, 0.1) is 0 Å². The van der Waals surface area contributed by atoms with E-state index < -0.39 is 0 Å². The summed E-state index contributed by atoms with van der Waals surface area (Å²) in [7, 11) is 0. The fourth-order valence-corrected chi connectivity index (χ4v) is 3.99. The van der Waals surface area contributed by atoms with Gasteiger partial charge in [-0.2, -0.15) is 0 Å². The van der Waals surface area contributed by atoms with Crippen LogP contribution in [0.25, 0.3) is 16.6 Å². The van der Waals surface area contributed by atoms with Crippen LogP contribution >= 0.6 is 15.9 Å². The molecule has 0 atom stereocenters. The quantitative estimate of drug-likeness (QED) is 0.490. The number of piperazine rings is 1. The topological polar surface area (TPSA) is 54.0 Å². The molecule has 1 fully saturated rings. The van der Waals surface area contributed by atoms with E-state index in [-0.39, 0.29) is 5.91 Å². The minimum atomic E-state index is -0.0529. The third-order valence-electron chi connectivity index (χ3n) is 5.00. The zero-order valence-corrected chi connectivity index (χ0v) is 16.1. The van der Waals surface area contributed by atoms with Crippen molar-refractivity contribution in [2.24, 2.45) is 0 Å². The molecule has 0 unspecified atom stereocenters. The van der Waals surface area contributed by atoms with Gasteiger partial charge in [0.2, 0.25) is 0 Å². The number of furan rings is 1. The molecule has 6 nitrogen and oxygen atoms in total. The lowest BCUT2D eigenvalue weighted by atomic mass is 10.2. The van der Waals surface area contributed by atoms with Crippen molar-refractivity contribution in [2.75, 3.05) is 31.1 Å². The molecule has 4 aromatic rings. The van der Waals surface area contributed by atoms with Crippen molar-refractivity contribution < 1.29 is 9.21 Å². The van der Waals surface area contributed by atoms with Crippen molar-refractivity contribution >= 4 is 44.2 Å². The molecular weight excluding hydrogens is 408 g/mol. The Labute approximate surface area is 164 Å². The van der Waals surface area contributed by atoms with E-state index in [1.807, 2.05) is 23.1 Å². The monoisotopic (exact) mass is 424 g/mol. The van der Waals surface area contributed by atoms with Crippen molar-refractivity contribution in [3.8, 4) is 0 Å². The van der Waals surface area contributed by atoms with Gasteiger partial charge in [0, 0.05) is 36.8 Å². The van der Waals surface area contributed by atoms with Gasteiger partial charge in [-0.15, -0.1) is 0 Å². The van der Waals surface area contributed by atoms with Crippen LogP contribution in [0.2, 0.25) is 0 Å². The summed E-state index contributed by atoms with van der Waals surface area (Å²) in [4.78, 5) is 21.5. The molecule has 3 aromatic heterocycles. The van der Waals surface area contributed by atoms with Gasteiger partial charge in [0.05, 0.1) is 22.8 Å². The Morgan fingerprint density at radius 1 is 1.04 bits per heavy atom. The number of anilines is 1. The summed E-state index contributed by atoms with van der Waals surface area (Å²) >= 11 is 3.53. The Morgan fingerprint density at radius 3 is 2.67 bits per heavy atom. The molecule has 1 aliphatic rings. The first-order valence-electron chi connectivity index (χ1n) is 8.85. The maximum Gasteiger partial charge on any atom is 0.289 e. The molecular formula is C20H17BrN4O2. The number of fused-ring (bicyclic) bond motifs is 3. The summed E-state index contributed by atoms with van der Waals surface area (Å²) in [5.74, 6) is 1.30. The van der Waals surface area contributed by atoms with Gasteiger partial charge in [-0.25, -0.2) is 4.98 Å². The van der Waals surface area contributed by atoms with E-state index in [1.54, 1.807) is 12.1 Å². The lowest BCUT2D eigenvalue weighted by Gasteiger charge is -2.35. The standard InChI is InChI=1S/C20H17BrN4O2/c21-14-5-6-16-15(13-14)22-19(17-3-1-7-25(16)17)23-8-10-24(11-9-23)20(26)18-4-2-12-27-18/h1-7,12-13H,8-11H2. The van der Waals surface area contributed by atoms with Gasteiger partial charge in [-0.3, -0.25) is 4.79 Å². The molecule has 5 rings (SSSR count). The highest BCUT2D eigenvalue weighted by molar-refractivity contribution is 9.10. The van der Waals surface area contributed by atoms with Crippen molar-refractivity contribution in [1.82, 2.24) is 14.3 Å². The van der Waals surface area contributed by atoms with Crippen LogP contribution < -0.4 is 4.90 Å². The smallest absolute Gasteiger partial charge is 0.289 e. The number of aromatic nitrogens is 2. The molecule has 136 valence electrons. The van der Waals surface area contributed by atoms with Crippen LogP contribution in [0.5, 0.6) is 0 Å². The molecule has 0 bridgehead atoms. The van der Waals surface area contributed by atoms with Crippen LogP contribution in [0.15, 0.2) is 63.8 Å². The molecule has 1 aromatic carbocycles. The highest BCUT2D eigenvalue weighted by Gasteiger charge is 2.25. The van der Waals surface area contributed by atoms with Crippen molar-refractivity contribution in [2.45, 2.75) is 0 Å². The number of benzene rings is 1. The van der Waals surface area contributed by atoms with Gasteiger partial charge in [-0.05, 0) is 42.5 Å². The Hall–Kier alpha value is -2.80. The second kappa shape index (κ2) is 6.42. The highest BCUT2D eigenvalue weighted by atomic mass is 79.9. The Kier molecular flexibility index (Phi) is 3.89. The molecule has 27 heavy (non-hydrogen) atoms. The summed E-state index contributed by atoms with van der Waals surface area (Å²) in [5, 5.41) is 0. The lowest BCUT2D eigenvalue weighted by Crippen LogP contribution is -2.49. The molecule has 0 aliphatic carbocycles. The maximum absolute atomic E-state index is 12.5. The first kappa shape index (κ1) is 16.4. The zero-order chi connectivity index (χ0) is 18.4. The van der Waals surface area contributed by atoms with Gasteiger partial charge < -0.3 is 18.6 Å². The summed E-state index contributed by atoms with van der Waals surface area (Å²) in [6.07, 6.45) is 3.59. The Bertz CT molecular complexity index is 1130. The molecule has 0 N–H and O–H groups in total. The largest absolute Gasteiger partial charge is 0.459 e. The summed E-state index contributed by atoms with van der Waals surface area (Å²) in [6.45, 7) is 2.76. The predicted molar refractivity (Wildman–Crippen MR) is 107 cm³/mol. The Balaban J connectivity index is 1.46. The number of rotatable bonds is 2. The molecule has 7 heteroatoms. The maximum atomic E-state index is 12.5. The van der Waals surface area contributed by atoms with Crippen molar-refractivity contribution in [3.05, 3.63) is 65.2 Å². The van der Waals surface area contributed by atoms with Crippen molar-refractivity contribution in [3.63, 3.8) is 0 Å². The number of carbonyl (C=O) groups is 1. The van der Waals surface area contributed by atoms with E-state index in [0.29, 0.717) is 18.8 Å². The third-order valence-corrected chi connectivity index (χ3v) is 5.49. The van der Waals surface area contributed by atoms with Crippen LogP contribution in [0.4, 0.5) is 5.82 Å². The highest BCUT2D eigenvalue weighted by Crippen LogP contribution is 2.28. The minimum Gasteiger partial charge on any atom is -0.459 e. The first-order valence-corrected chi connectivity index (χ1v) is 9.64. The van der Waals surface area contributed by atoms with E-state index in [2.05, 4.69) is 43.6 Å². The number of hydrogen-bond acceptors (Lipinski definition) is 4. The molecule has 4 heterocycles. The molecule has 1 aliphatic heterocycles. The fourth-order valence-electron chi connectivity index (χ4n) is 3.64. The lowest BCUT2D eigenvalue weighted by molar-refractivity contribution is 0.0714. The molecule has 1 amide bonds. The average Bonchev–Trinajstić information content (AvgIpc) is 3.38. The van der Waals surface area contributed by atoms with E-state index in [9.17, 15) is 4.79 Å². The van der Waals surface area contributed by atoms with Crippen LogP contribution in [-0.4, -0.2) is 46.4 Å². The number of halogens is 1. The van der Waals surface area contributed by atoms with Gasteiger partial charge >= 0.3 is 0 Å². The van der Waals surface area contributed by atoms with E-state index in [1.165, 1.54) is 6.26 Å². The molecule has 1 saturated heterocycles. The van der Waals surface area contributed by atoms with Gasteiger partial charge in [0.25, 0.3) is 5.91 Å². The summed E-state index contributed by atoms with van der Waals surface area (Å²) in [6, 6.07) is 13.7.